The van der Waals surface area contributed by atoms with E-state index < -0.39 is 28.8 Å². The number of nitriles is 1. The Bertz CT molecular complexity index is 590. The van der Waals surface area contributed by atoms with Crippen LogP contribution in [0.25, 0.3) is 0 Å². The molecule has 0 spiro atoms. The Morgan fingerprint density at radius 3 is 2.43 bits per heavy atom. The number of rotatable bonds is 1. The largest absolute Gasteiger partial charge is 0.417 e. The van der Waals surface area contributed by atoms with Crippen LogP contribution in [-0.4, -0.2) is 23.8 Å². The Hall–Kier alpha value is -1.74. The van der Waals surface area contributed by atoms with Crippen LogP contribution in [0.4, 0.5) is 18.9 Å². The molecule has 2 rings (SSSR count). The molecule has 1 aliphatic heterocycles. The van der Waals surface area contributed by atoms with E-state index in [0.717, 1.165) is 6.07 Å². The van der Waals surface area contributed by atoms with Gasteiger partial charge in [-0.15, -0.1) is 0 Å². The molecule has 2 atom stereocenters. The van der Waals surface area contributed by atoms with Gasteiger partial charge in [0.2, 0.25) is 0 Å². The highest BCUT2D eigenvalue weighted by molar-refractivity contribution is 5.56. The van der Waals surface area contributed by atoms with Gasteiger partial charge in [-0.3, -0.25) is 0 Å². The first kappa shape index (κ1) is 15.6. The SMILES string of the molecule is C[C@@H]1[C@@H](O)C(C)(C)CN1c1ccc(C#N)c(C(F)(F)F)c1. The van der Waals surface area contributed by atoms with E-state index in [-0.39, 0.29) is 6.04 Å². The smallest absolute Gasteiger partial charge is 0.390 e. The Labute approximate surface area is 121 Å². The molecular formula is C15H17F3N2O. The van der Waals surface area contributed by atoms with Crippen molar-refractivity contribution in [3.63, 3.8) is 0 Å². The first-order valence-corrected chi connectivity index (χ1v) is 6.64. The van der Waals surface area contributed by atoms with Gasteiger partial charge in [0.25, 0.3) is 0 Å². The molecule has 0 bridgehead atoms. The maximum absolute atomic E-state index is 13.0. The van der Waals surface area contributed by atoms with Crippen LogP contribution in [0.2, 0.25) is 0 Å². The molecule has 0 radical (unpaired) electrons. The van der Waals surface area contributed by atoms with Crippen molar-refractivity contribution >= 4 is 5.69 Å². The average Bonchev–Trinajstić information content (AvgIpc) is 2.60. The zero-order valence-corrected chi connectivity index (χ0v) is 12.1. The summed E-state index contributed by atoms with van der Waals surface area (Å²) < 4.78 is 39.0. The fraction of sp³-hybridized carbons (Fsp3) is 0.533. The number of hydrogen-bond acceptors (Lipinski definition) is 3. The lowest BCUT2D eigenvalue weighted by atomic mass is 9.88. The number of aliphatic hydroxyl groups is 1. The second kappa shape index (κ2) is 4.92. The van der Waals surface area contributed by atoms with Crippen molar-refractivity contribution in [3.05, 3.63) is 29.3 Å². The first-order chi connectivity index (χ1) is 9.58. The third kappa shape index (κ3) is 2.70. The number of nitrogens with zero attached hydrogens (tertiary/aromatic N) is 2. The zero-order chi connectivity index (χ0) is 16.0. The van der Waals surface area contributed by atoms with Crippen LogP contribution in [0, 0.1) is 16.7 Å². The van der Waals surface area contributed by atoms with Crippen LogP contribution < -0.4 is 4.90 Å². The van der Waals surface area contributed by atoms with Gasteiger partial charge in [0.05, 0.1) is 29.3 Å². The summed E-state index contributed by atoms with van der Waals surface area (Å²) in [6, 6.07) is 4.96. The van der Waals surface area contributed by atoms with Gasteiger partial charge in [-0.25, -0.2) is 0 Å². The van der Waals surface area contributed by atoms with Gasteiger partial charge in [0.15, 0.2) is 0 Å². The fourth-order valence-corrected chi connectivity index (χ4v) is 2.87. The topological polar surface area (TPSA) is 47.3 Å². The summed E-state index contributed by atoms with van der Waals surface area (Å²) in [5.41, 5.74) is -1.35. The molecule has 1 heterocycles. The molecule has 1 saturated heterocycles. The molecule has 0 saturated carbocycles. The molecule has 0 unspecified atom stereocenters. The van der Waals surface area contributed by atoms with Crippen LogP contribution in [0.3, 0.4) is 0 Å². The van der Waals surface area contributed by atoms with E-state index in [1.807, 2.05) is 13.8 Å². The second-order valence-electron chi connectivity index (χ2n) is 6.14. The highest BCUT2D eigenvalue weighted by Crippen LogP contribution is 2.40. The van der Waals surface area contributed by atoms with Crippen molar-refractivity contribution in [2.45, 2.75) is 39.1 Å². The number of halogens is 3. The first-order valence-electron chi connectivity index (χ1n) is 6.64. The fourth-order valence-electron chi connectivity index (χ4n) is 2.87. The lowest BCUT2D eigenvalue weighted by Crippen LogP contribution is -2.33. The van der Waals surface area contributed by atoms with Gasteiger partial charge < -0.3 is 10.0 Å². The van der Waals surface area contributed by atoms with Crippen molar-refractivity contribution in [3.8, 4) is 6.07 Å². The van der Waals surface area contributed by atoms with E-state index in [9.17, 15) is 18.3 Å². The summed E-state index contributed by atoms with van der Waals surface area (Å²) in [7, 11) is 0. The Morgan fingerprint density at radius 1 is 1.38 bits per heavy atom. The molecule has 21 heavy (non-hydrogen) atoms. The lowest BCUT2D eigenvalue weighted by Gasteiger charge is -2.25. The number of anilines is 1. The quantitative estimate of drug-likeness (QED) is 0.866. The van der Waals surface area contributed by atoms with Gasteiger partial charge in [0, 0.05) is 17.6 Å². The maximum Gasteiger partial charge on any atom is 0.417 e. The number of aliphatic hydroxyl groups excluding tert-OH is 1. The van der Waals surface area contributed by atoms with Crippen LogP contribution in [-0.2, 0) is 6.18 Å². The Morgan fingerprint density at radius 2 is 2.00 bits per heavy atom. The zero-order valence-electron chi connectivity index (χ0n) is 12.1. The molecular weight excluding hydrogens is 281 g/mol. The van der Waals surface area contributed by atoms with E-state index >= 15 is 0 Å². The number of hydrogen-bond donors (Lipinski definition) is 1. The lowest BCUT2D eigenvalue weighted by molar-refractivity contribution is -0.137. The van der Waals surface area contributed by atoms with Crippen LogP contribution in [0.1, 0.15) is 31.9 Å². The van der Waals surface area contributed by atoms with Crippen molar-refractivity contribution in [2.75, 3.05) is 11.4 Å². The molecule has 1 aromatic carbocycles. The van der Waals surface area contributed by atoms with E-state index in [4.69, 9.17) is 5.26 Å². The van der Waals surface area contributed by atoms with Gasteiger partial charge in [-0.1, -0.05) is 13.8 Å². The van der Waals surface area contributed by atoms with Crippen LogP contribution in [0.5, 0.6) is 0 Å². The Kier molecular flexibility index (Phi) is 3.66. The summed E-state index contributed by atoms with van der Waals surface area (Å²) in [5, 5.41) is 19.0. The van der Waals surface area contributed by atoms with Gasteiger partial charge >= 0.3 is 6.18 Å². The van der Waals surface area contributed by atoms with Crippen LogP contribution >= 0.6 is 0 Å². The normalized spacial score (nSPS) is 25.0. The molecule has 0 aromatic heterocycles. The van der Waals surface area contributed by atoms with Crippen LogP contribution in [0.15, 0.2) is 18.2 Å². The molecule has 6 heteroatoms. The molecule has 1 aromatic rings. The molecule has 1 N–H and O–H groups in total. The molecule has 0 aliphatic carbocycles. The van der Waals surface area contributed by atoms with Crippen molar-refractivity contribution in [2.24, 2.45) is 5.41 Å². The third-order valence-corrected chi connectivity index (χ3v) is 4.09. The summed E-state index contributed by atoms with van der Waals surface area (Å²) in [6.45, 7) is 5.99. The molecule has 3 nitrogen and oxygen atoms in total. The Balaban J connectivity index is 2.46. The predicted octanol–water partition coefficient (Wildman–Crippen LogP) is 3.17. The van der Waals surface area contributed by atoms with E-state index in [2.05, 4.69) is 0 Å². The highest BCUT2D eigenvalue weighted by Gasteiger charge is 2.44. The molecule has 114 valence electrons. The van der Waals surface area contributed by atoms with Gasteiger partial charge in [0.1, 0.15) is 0 Å². The van der Waals surface area contributed by atoms with E-state index in [0.29, 0.717) is 12.2 Å². The summed E-state index contributed by atoms with van der Waals surface area (Å²) in [5.74, 6) is 0. The monoisotopic (exact) mass is 298 g/mol. The standard InChI is InChI=1S/C15H17F3N2O/c1-9-13(21)14(2,3)8-20(9)11-5-4-10(7-19)12(6-11)15(16,17)18/h4-6,9,13,21H,8H2,1-3H3/t9-,13-/m1/s1. The molecule has 1 fully saturated rings. The maximum atomic E-state index is 13.0. The van der Waals surface area contributed by atoms with Gasteiger partial charge in [-0.05, 0) is 25.1 Å². The predicted molar refractivity (Wildman–Crippen MR) is 72.8 cm³/mol. The average molecular weight is 298 g/mol. The van der Waals surface area contributed by atoms with E-state index in [1.165, 1.54) is 12.1 Å². The van der Waals surface area contributed by atoms with E-state index in [1.54, 1.807) is 17.9 Å². The third-order valence-electron chi connectivity index (χ3n) is 4.09. The summed E-state index contributed by atoms with van der Waals surface area (Å²) in [4.78, 5) is 1.75. The number of alkyl halides is 3. The van der Waals surface area contributed by atoms with Crippen molar-refractivity contribution < 1.29 is 18.3 Å². The highest BCUT2D eigenvalue weighted by atomic mass is 19.4. The summed E-state index contributed by atoms with van der Waals surface area (Å²) >= 11 is 0. The molecule has 1 aliphatic rings. The van der Waals surface area contributed by atoms with Crippen molar-refractivity contribution in [1.29, 1.82) is 5.26 Å². The second-order valence-corrected chi connectivity index (χ2v) is 6.14. The van der Waals surface area contributed by atoms with Crippen molar-refractivity contribution in [1.82, 2.24) is 0 Å². The minimum Gasteiger partial charge on any atom is -0.390 e. The minimum atomic E-state index is -4.57. The van der Waals surface area contributed by atoms with Gasteiger partial charge in [-0.2, -0.15) is 18.4 Å². The summed E-state index contributed by atoms with van der Waals surface area (Å²) in [6.07, 6.45) is -5.19. The minimum absolute atomic E-state index is 0.283. The molecule has 0 amide bonds. The number of benzene rings is 1.